The second-order valence-electron chi connectivity index (χ2n) is 4.63. The zero-order valence-corrected chi connectivity index (χ0v) is 10.8. The van der Waals surface area contributed by atoms with Gasteiger partial charge in [0, 0.05) is 24.4 Å². The van der Waals surface area contributed by atoms with E-state index < -0.39 is 0 Å². The minimum absolute atomic E-state index is 0.255. The molecule has 1 aromatic heterocycles. The van der Waals surface area contributed by atoms with Crippen LogP contribution in [0.1, 0.15) is 18.4 Å². The second kappa shape index (κ2) is 3.31. The Balaban J connectivity index is 2.19. The van der Waals surface area contributed by atoms with Crippen molar-refractivity contribution in [2.24, 2.45) is 12.8 Å². The summed E-state index contributed by atoms with van der Waals surface area (Å²) in [6.07, 6.45) is 2.43. The molecule has 1 saturated carbocycles. The molecule has 1 heterocycles. The third kappa shape index (κ3) is 1.33. The van der Waals surface area contributed by atoms with E-state index in [0.29, 0.717) is 0 Å². The summed E-state index contributed by atoms with van der Waals surface area (Å²) in [5.41, 5.74) is 8.64. The van der Waals surface area contributed by atoms with Crippen LogP contribution in [0.4, 0.5) is 0 Å². The summed E-state index contributed by atoms with van der Waals surface area (Å²) in [4.78, 5) is 0. The van der Waals surface area contributed by atoms with Gasteiger partial charge in [-0.05, 0) is 46.5 Å². The molecule has 0 bridgehead atoms. The summed E-state index contributed by atoms with van der Waals surface area (Å²) in [6.45, 7) is 0.748. The van der Waals surface area contributed by atoms with Crippen LogP contribution in [-0.4, -0.2) is 16.3 Å². The van der Waals surface area contributed by atoms with E-state index in [2.05, 4.69) is 39.2 Å². The first-order valence-electron chi connectivity index (χ1n) is 5.49. The third-order valence-electron chi connectivity index (χ3n) is 3.66. The molecule has 0 amide bonds. The lowest BCUT2D eigenvalue weighted by Crippen LogP contribution is -2.19. The van der Waals surface area contributed by atoms with E-state index in [0.717, 1.165) is 11.1 Å². The van der Waals surface area contributed by atoms with Gasteiger partial charge in [-0.25, -0.2) is 0 Å². The molecule has 0 spiro atoms. The number of aromatic nitrogens is 2. The van der Waals surface area contributed by atoms with Crippen LogP contribution in [0.2, 0.25) is 0 Å². The predicted molar refractivity (Wildman–Crippen MR) is 68.4 cm³/mol. The molecule has 3 nitrogen and oxygen atoms in total. The van der Waals surface area contributed by atoms with Gasteiger partial charge in [-0.3, -0.25) is 4.68 Å². The van der Waals surface area contributed by atoms with Gasteiger partial charge >= 0.3 is 0 Å². The van der Waals surface area contributed by atoms with E-state index in [4.69, 9.17) is 5.73 Å². The molecule has 3 rings (SSSR count). The summed E-state index contributed by atoms with van der Waals surface area (Å²) in [5.74, 6) is 0. The van der Waals surface area contributed by atoms with Crippen molar-refractivity contribution in [3.63, 3.8) is 0 Å². The number of hydrogen-bond donors (Lipinski definition) is 1. The predicted octanol–water partition coefficient (Wildman–Crippen LogP) is 2.33. The minimum atomic E-state index is 0.255. The van der Waals surface area contributed by atoms with Crippen molar-refractivity contribution < 1.29 is 0 Å². The fraction of sp³-hybridized carbons (Fsp3) is 0.417. The maximum absolute atomic E-state index is 5.86. The summed E-state index contributed by atoms with van der Waals surface area (Å²) in [5, 5.41) is 5.53. The summed E-state index contributed by atoms with van der Waals surface area (Å²) >= 11 is 3.47. The molecule has 0 atom stereocenters. The van der Waals surface area contributed by atoms with Crippen LogP contribution in [0.15, 0.2) is 22.8 Å². The average Bonchev–Trinajstić information content (AvgIpc) is 3.04. The molecular weight excluding hydrogens is 266 g/mol. The second-order valence-corrected chi connectivity index (χ2v) is 5.38. The monoisotopic (exact) mass is 279 g/mol. The lowest BCUT2D eigenvalue weighted by Gasteiger charge is -2.12. The number of fused-ring (bicyclic) bond motifs is 1. The Labute approximate surface area is 103 Å². The molecule has 2 aromatic rings. The Kier molecular flexibility index (Phi) is 2.13. The van der Waals surface area contributed by atoms with E-state index in [1.165, 1.54) is 29.3 Å². The van der Waals surface area contributed by atoms with Crippen LogP contribution >= 0.6 is 15.9 Å². The van der Waals surface area contributed by atoms with Gasteiger partial charge in [-0.15, -0.1) is 0 Å². The first kappa shape index (κ1) is 10.3. The topological polar surface area (TPSA) is 43.8 Å². The van der Waals surface area contributed by atoms with Gasteiger partial charge < -0.3 is 5.73 Å². The van der Waals surface area contributed by atoms with E-state index >= 15 is 0 Å². The number of nitrogens with zero attached hydrogens (tertiary/aromatic N) is 2. The van der Waals surface area contributed by atoms with E-state index in [1.807, 2.05) is 11.7 Å². The van der Waals surface area contributed by atoms with Crippen LogP contribution in [0, 0.1) is 0 Å². The van der Waals surface area contributed by atoms with Crippen molar-refractivity contribution in [2.45, 2.75) is 18.3 Å². The van der Waals surface area contributed by atoms with Crippen molar-refractivity contribution in [3.8, 4) is 0 Å². The van der Waals surface area contributed by atoms with Crippen molar-refractivity contribution in [1.82, 2.24) is 9.78 Å². The fourth-order valence-corrected chi connectivity index (χ4v) is 2.88. The largest absolute Gasteiger partial charge is 0.330 e. The standard InChI is InChI=1S/C12H14BrN3/c1-16-10-6-8(12(7-14)4-5-12)2-3-9(10)11(13)15-16/h2-3,6H,4-5,7,14H2,1H3. The molecule has 0 aliphatic heterocycles. The number of benzene rings is 1. The highest BCUT2D eigenvalue weighted by molar-refractivity contribution is 9.10. The Hall–Kier alpha value is -0.870. The number of rotatable bonds is 2. The lowest BCUT2D eigenvalue weighted by molar-refractivity contribution is 0.704. The lowest BCUT2D eigenvalue weighted by atomic mass is 9.95. The highest BCUT2D eigenvalue weighted by Gasteiger charge is 2.42. The molecule has 1 fully saturated rings. The van der Waals surface area contributed by atoms with Gasteiger partial charge in [-0.1, -0.05) is 6.07 Å². The van der Waals surface area contributed by atoms with Crippen molar-refractivity contribution >= 4 is 26.8 Å². The van der Waals surface area contributed by atoms with Crippen LogP contribution in [-0.2, 0) is 12.5 Å². The summed E-state index contributed by atoms with van der Waals surface area (Å²) in [7, 11) is 1.97. The molecule has 2 N–H and O–H groups in total. The quantitative estimate of drug-likeness (QED) is 0.917. The van der Waals surface area contributed by atoms with Crippen LogP contribution < -0.4 is 5.73 Å². The maximum atomic E-state index is 5.86. The molecule has 0 radical (unpaired) electrons. The van der Waals surface area contributed by atoms with Gasteiger partial charge in [0.15, 0.2) is 0 Å². The zero-order valence-electron chi connectivity index (χ0n) is 9.20. The molecule has 0 saturated heterocycles. The molecule has 16 heavy (non-hydrogen) atoms. The molecule has 4 heteroatoms. The normalized spacial score (nSPS) is 17.9. The SMILES string of the molecule is Cn1nc(Br)c2ccc(C3(CN)CC3)cc21. The smallest absolute Gasteiger partial charge is 0.135 e. The van der Waals surface area contributed by atoms with Gasteiger partial charge in [0.2, 0.25) is 0 Å². The van der Waals surface area contributed by atoms with Gasteiger partial charge in [0.05, 0.1) is 5.52 Å². The molecule has 1 aliphatic rings. The van der Waals surface area contributed by atoms with Crippen molar-refractivity contribution in [2.75, 3.05) is 6.54 Å². The van der Waals surface area contributed by atoms with Crippen molar-refractivity contribution in [1.29, 1.82) is 0 Å². The highest BCUT2D eigenvalue weighted by Crippen LogP contribution is 2.47. The summed E-state index contributed by atoms with van der Waals surface area (Å²) < 4.78 is 2.82. The van der Waals surface area contributed by atoms with Gasteiger partial charge in [-0.2, -0.15) is 5.10 Å². The Morgan fingerprint density at radius 2 is 2.25 bits per heavy atom. The Morgan fingerprint density at radius 3 is 2.88 bits per heavy atom. The average molecular weight is 280 g/mol. The maximum Gasteiger partial charge on any atom is 0.135 e. The van der Waals surface area contributed by atoms with Crippen LogP contribution in [0.3, 0.4) is 0 Å². The van der Waals surface area contributed by atoms with Gasteiger partial charge in [0.25, 0.3) is 0 Å². The zero-order chi connectivity index (χ0) is 11.3. The highest BCUT2D eigenvalue weighted by atomic mass is 79.9. The molecule has 84 valence electrons. The summed E-state index contributed by atoms with van der Waals surface area (Å²) in [6, 6.07) is 6.55. The third-order valence-corrected chi connectivity index (χ3v) is 4.25. The number of nitrogens with two attached hydrogens (primary N) is 1. The van der Waals surface area contributed by atoms with E-state index in [9.17, 15) is 0 Å². The molecule has 0 unspecified atom stereocenters. The van der Waals surface area contributed by atoms with Crippen molar-refractivity contribution in [3.05, 3.63) is 28.4 Å². The van der Waals surface area contributed by atoms with E-state index in [-0.39, 0.29) is 5.41 Å². The number of halogens is 1. The van der Waals surface area contributed by atoms with E-state index in [1.54, 1.807) is 0 Å². The Morgan fingerprint density at radius 1 is 1.50 bits per heavy atom. The first-order chi connectivity index (χ1) is 7.66. The fourth-order valence-electron chi connectivity index (χ4n) is 2.30. The molecule has 1 aliphatic carbocycles. The molecular formula is C12H14BrN3. The first-order valence-corrected chi connectivity index (χ1v) is 6.28. The van der Waals surface area contributed by atoms with Crippen LogP contribution in [0.5, 0.6) is 0 Å². The van der Waals surface area contributed by atoms with Gasteiger partial charge in [0.1, 0.15) is 4.60 Å². The number of aryl methyl sites for hydroxylation is 1. The van der Waals surface area contributed by atoms with Crippen LogP contribution in [0.25, 0.3) is 10.9 Å². The minimum Gasteiger partial charge on any atom is -0.330 e. The Bertz CT molecular complexity index is 555. The molecule has 1 aromatic carbocycles. The number of hydrogen-bond acceptors (Lipinski definition) is 2.